The van der Waals surface area contributed by atoms with Crippen LogP contribution in [0.2, 0.25) is 0 Å². The highest BCUT2D eigenvalue weighted by atomic mass is 19.2. The third-order valence-electron chi connectivity index (χ3n) is 1.04. The maximum atomic E-state index is 13.0. The van der Waals surface area contributed by atoms with E-state index in [2.05, 4.69) is 9.47 Å². The van der Waals surface area contributed by atoms with E-state index in [1.165, 1.54) is 0 Å². The van der Waals surface area contributed by atoms with Gasteiger partial charge in [-0.3, -0.25) is 9.59 Å². The summed E-state index contributed by atoms with van der Waals surface area (Å²) in [4.78, 5) is 20.9. The van der Waals surface area contributed by atoms with Gasteiger partial charge in [0, 0.05) is 13.8 Å². The van der Waals surface area contributed by atoms with Crippen molar-refractivity contribution in [1.29, 1.82) is 0 Å². The molecule has 0 saturated carbocycles. The molecule has 0 amide bonds. The van der Waals surface area contributed by atoms with Crippen molar-refractivity contribution < 1.29 is 23.5 Å². The lowest BCUT2D eigenvalue weighted by Gasteiger charge is -2.17. The number of ether oxygens (including phenoxy) is 2. The Hall–Kier alpha value is -1.13. The molecule has 12 heavy (non-hydrogen) atoms. The number of esters is 2. The standard InChI is InChI=1S/C7H11FO4/c1-5(9)12-7(2,8)4-6(10)11-3/h4H2,1-3H3. The number of carbonyl (C=O) groups is 2. The monoisotopic (exact) mass is 178 g/mol. The molecule has 0 saturated heterocycles. The van der Waals surface area contributed by atoms with Gasteiger partial charge in [0.05, 0.1) is 7.11 Å². The van der Waals surface area contributed by atoms with Gasteiger partial charge in [-0.25, -0.2) is 0 Å². The molecular formula is C7H11FO4. The molecule has 0 aromatic heterocycles. The fraction of sp³-hybridized carbons (Fsp3) is 0.714. The van der Waals surface area contributed by atoms with Crippen molar-refractivity contribution in [3.8, 4) is 0 Å². The maximum Gasteiger partial charge on any atom is 0.312 e. The summed E-state index contributed by atoms with van der Waals surface area (Å²) in [5.41, 5.74) is 0. The average molecular weight is 178 g/mol. The molecule has 0 aromatic rings. The molecule has 0 spiro atoms. The molecule has 1 unspecified atom stereocenters. The van der Waals surface area contributed by atoms with Crippen LogP contribution in [-0.4, -0.2) is 24.9 Å². The molecular weight excluding hydrogens is 167 g/mol. The van der Waals surface area contributed by atoms with E-state index in [1.807, 2.05) is 0 Å². The molecule has 0 heterocycles. The van der Waals surface area contributed by atoms with E-state index >= 15 is 0 Å². The normalized spacial score (nSPS) is 14.7. The summed E-state index contributed by atoms with van der Waals surface area (Å²) < 4.78 is 21.4. The summed E-state index contributed by atoms with van der Waals surface area (Å²) in [7, 11) is 1.13. The van der Waals surface area contributed by atoms with E-state index in [1.54, 1.807) is 0 Å². The Morgan fingerprint density at radius 3 is 2.33 bits per heavy atom. The molecule has 0 rings (SSSR count). The number of rotatable bonds is 3. The lowest BCUT2D eigenvalue weighted by atomic mass is 10.2. The molecule has 0 aliphatic rings. The van der Waals surface area contributed by atoms with Crippen LogP contribution in [0, 0.1) is 0 Å². The first-order valence-electron chi connectivity index (χ1n) is 3.32. The molecule has 70 valence electrons. The number of alkyl halides is 1. The minimum Gasteiger partial charge on any atom is -0.469 e. The lowest BCUT2D eigenvalue weighted by Crippen LogP contribution is -2.28. The van der Waals surface area contributed by atoms with Crippen LogP contribution in [0.4, 0.5) is 4.39 Å². The van der Waals surface area contributed by atoms with Gasteiger partial charge in [-0.2, -0.15) is 4.39 Å². The highest BCUT2D eigenvalue weighted by Crippen LogP contribution is 2.17. The summed E-state index contributed by atoms with van der Waals surface area (Å²) in [6.45, 7) is 2.06. The van der Waals surface area contributed by atoms with Crippen LogP contribution in [0.1, 0.15) is 20.3 Å². The van der Waals surface area contributed by atoms with Crippen LogP contribution in [0.5, 0.6) is 0 Å². The summed E-state index contributed by atoms with van der Waals surface area (Å²) in [6, 6.07) is 0. The maximum absolute atomic E-state index is 13.0. The van der Waals surface area contributed by atoms with Crippen molar-refractivity contribution in [3.63, 3.8) is 0 Å². The number of carbonyl (C=O) groups excluding carboxylic acids is 2. The van der Waals surface area contributed by atoms with Crippen LogP contribution >= 0.6 is 0 Å². The zero-order chi connectivity index (χ0) is 9.78. The topological polar surface area (TPSA) is 52.6 Å². The molecule has 0 bridgehead atoms. The van der Waals surface area contributed by atoms with Crippen molar-refractivity contribution >= 4 is 11.9 Å². The molecule has 0 aliphatic carbocycles. The Labute approximate surface area is 69.6 Å². The third-order valence-corrected chi connectivity index (χ3v) is 1.04. The Morgan fingerprint density at radius 1 is 1.50 bits per heavy atom. The molecule has 0 aliphatic heterocycles. The molecule has 0 radical (unpaired) electrons. The Balaban J connectivity index is 4.03. The van der Waals surface area contributed by atoms with Crippen LogP contribution < -0.4 is 0 Å². The van der Waals surface area contributed by atoms with E-state index in [0.29, 0.717) is 0 Å². The van der Waals surface area contributed by atoms with Gasteiger partial charge in [0.2, 0.25) is 0 Å². The minimum atomic E-state index is -2.28. The second kappa shape index (κ2) is 4.04. The first-order chi connectivity index (χ1) is 5.37. The zero-order valence-electron chi connectivity index (χ0n) is 7.22. The van der Waals surface area contributed by atoms with Crippen LogP contribution in [-0.2, 0) is 19.1 Å². The fourth-order valence-electron chi connectivity index (χ4n) is 0.666. The summed E-state index contributed by atoms with van der Waals surface area (Å²) in [5.74, 6) is -3.82. The SMILES string of the molecule is COC(=O)CC(C)(F)OC(C)=O. The summed E-state index contributed by atoms with van der Waals surface area (Å²) >= 11 is 0. The summed E-state index contributed by atoms with van der Waals surface area (Å²) in [5, 5.41) is 0. The van der Waals surface area contributed by atoms with Gasteiger partial charge in [-0.1, -0.05) is 0 Å². The Kier molecular flexibility index (Phi) is 3.66. The van der Waals surface area contributed by atoms with Crippen LogP contribution in [0.3, 0.4) is 0 Å². The molecule has 0 N–H and O–H groups in total. The van der Waals surface area contributed by atoms with E-state index in [4.69, 9.17) is 0 Å². The smallest absolute Gasteiger partial charge is 0.312 e. The summed E-state index contributed by atoms with van der Waals surface area (Å²) in [6.07, 6.45) is -0.594. The van der Waals surface area contributed by atoms with Gasteiger partial charge in [-0.05, 0) is 0 Å². The average Bonchev–Trinajstić information content (AvgIpc) is 1.83. The first-order valence-corrected chi connectivity index (χ1v) is 3.32. The predicted molar refractivity (Wildman–Crippen MR) is 37.9 cm³/mol. The first kappa shape index (κ1) is 10.9. The predicted octanol–water partition coefficient (Wildman–Crippen LogP) is 0.798. The van der Waals surface area contributed by atoms with Gasteiger partial charge in [-0.15, -0.1) is 0 Å². The second-order valence-corrected chi connectivity index (χ2v) is 2.45. The van der Waals surface area contributed by atoms with Crippen molar-refractivity contribution in [2.45, 2.75) is 26.1 Å². The van der Waals surface area contributed by atoms with Crippen LogP contribution in [0.25, 0.3) is 0 Å². The van der Waals surface area contributed by atoms with Crippen molar-refractivity contribution in [2.75, 3.05) is 7.11 Å². The van der Waals surface area contributed by atoms with E-state index in [-0.39, 0.29) is 0 Å². The van der Waals surface area contributed by atoms with E-state index in [9.17, 15) is 14.0 Å². The largest absolute Gasteiger partial charge is 0.469 e. The zero-order valence-corrected chi connectivity index (χ0v) is 7.22. The lowest BCUT2D eigenvalue weighted by molar-refractivity contribution is -0.182. The highest BCUT2D eigenvalue weighted by Gasteiger charge is 2.30. The minimum absolute atomic E-state index is 0.594. The van der Waals surface area contributed by atoms with Gasteiger partial charge in [0.25, 0.3) is 5.85 Å². The van der Waals surface area contributed by atoms with Gasteiger partial charge in [0.15, 0.2) is 0 Å². The molecule has 1 atom stereocenters. The van der Waals surface area contributed by atoms with Crippen LogP contribution in [0.15, 0.2) is 0 Å². The quantitative estimate of drug-likeness (QED) is 0.600. The van der Waals surface area contributed by atoms with Gasteiger partial charge in [0.1, 0.15) is 6.42 Å². The van der Waals surface area contributed by atoms with Crippen molar-refractivity contribution in [2.24, 2.45) is 0 Å². The fourth-order valence-corrected chi connectivity index (χ4v) is 0.666. The second-order valence-electron chi connectivity index (χ2n) is 2.45. The van der Waals surface area contributed by atoms with Crippen molar-refractivity contribution in [1.82, 2.24) is 0 Å². The molecule has 0 fully saturated rings. The van der Waals surface area contributed by atoms with Gasteiger partial charge < -0.3 is 9.47 Å². The van der Waals surface area contributed by atoms with Gasteiger partial charge >= 0.3 is 11.9 Å². The highest BCUT2D eigenvalue weighted by molar-refractivity contribution is 5.71. The van der Waals surface area contributed by atoms with E-state index < -0.39 is 24.2 Å². The van der Waals surface area contributed by atoms with E-state index in [0.717, 1.165) is 21.0 Å². The number of halogens is 1. The number of methoxy groups -OCH3 is 1. The Bertz CT molecular complexity index is 188. The molecule has 0 aromatic carbocycles. The number of hydrogen-bond acceptors (Lipinski definition) is 4. The third kappa shape index (κ3) is 4.65. The number of hydrogen-bond donors (Lipinski definition) is 0. The molecule has 4 nitrogen and oxygen atoms in total. The Morgan fingerprint density at radius 2 is 2.00 bits per heavy atom. The van der Waals surface area contributed by atoms with Crippen molar-refractivity contribution in [3.05, 3.63) is 0 Å². The molecule has 5 heteroatoms.